The van der Waals surface area contributed by atoms with E-state index < -0.39 is 17.7 Å². The number of nitrogens with zero attached hydrogens (tertiary/aromatic N) is 1. The number of thioether (sulfide) groups is 1. The van der Waals surface area contributed by atoms with Crippen molar-refractivity contribution in [3.63, 3.8) is 0 Å². The van der Waals surface area contributed by atoms with Crippen LogP contribution in [0.1, 0.15) is 15.9 Å². The van der Waals surface area contributed by atoms with Crippen molar-refractivity contribution >= 4 is 34.9 Å². The number of carbonyl (C=O) groups is 2. The van der Waals surface area contributed by atoms with Gasteiger partial charge in [0, 0.05) is 0 Å². The van der Waals surface area contributed by atoms with Crippen LogP contribution in [0, 0.1) is 5.82 Å². The van der Waals surface area contributed by atoms with Crippen molar-refractivity contribution in [1.29, 1.82) is 0 Å². The number of aliphatic imine (C=N–C) groups is 1. The van der Waals surface area contributed by atoms with Crippen LogP contribution < -0.4 is 10.5 Å². The van der Waals surface area contributed by atoms with Gasteiger partial charge in [-0.2, -0.15) is 4.99 Å². The molecule has 1 heterocycles. The normalized spacial score (nSPS) is 15.5. The lowest BCUT2D eigenvalue weighted by atomic mass is 10.2. The molecule has 2 aromatic carbocycles. The van der Waals surface area contributed by atoms with Gasteiger partial charge >= 0.3 is 5.97 Å². The van der Waals surface area contributed by atoms with Crippen LogP contribution in [0.3, 0.4) is 0 Å². The van der Waals surface area contributed by atoms with Crippen LogP contribution in [0.15, 0.2) is 58.4 Å². The highest BCUT2D eigenvalue weighted by Gasteiger charge is 2.19. The Morgan fingerprint density at radius 2 is 2.00 bits per heavy atom. The molecule has 0 atom stereocenters. The molecular formula is C17H11FN2O3S. The fraction of sp³-hybridized carbons (Fsp3) is 0. The Morgan fingerprint density at radius 3 is 2.71 bits per heavy atom. The molecule has 7 heteroatoms. The molecule has 0 fully saturated rings. The Morgan fingerprint density at radius 1 is 1.21 bits per heavy atom. The molecule has 120 valence electrons. The van der Waals surface area contributed by atoms with Crippen molar-refractivity contribution in [2.75, 3.05) is 0 Å². The highest BCUT2D eigenvalue weighted by molar-refractivity contribution is 8.18. The van der Waals surface area contributed by atoms with Crippen LogP contribution in [-0.4, -0.2) is 17.0 Å². The topological polar surface area (TPSA) is 81.8 Å². The van der Waals surface area contributed by atoms with Gasteiger partial charge in [0.1, 0.15) is 11.6 Å². The molecule has 1 aliphatic heterocycles. The van der Waals surface area contributed by atoms with Crippen LogP contribution in [0.4, 0.5) is 4.39 Å². The van der Waals surface area contributed by atoms with Gasteiger partial charge in [0.2, 0.25) is 0 Å². The zero-order valence-corrected chi connectivity index (χ0v) is 13.0. The van der Waals surface area contributed by atoms with E-state index in [1.54, 1.807) is 36.4 Å². The second-order valence-electron chi connectivity index (χ2n) is 4.81. The van der Waals surface area contributed by atoms with E-state index >= 15 is 0 Å². The van der Waals surface area contributed by atoms with E-state index in [0.29, 0.717) is 10.5 Å². The molecule has 3 rings (SSSR count). The first-order valence-electron chi connectivity index (χ1n) is 6.88. The molecule has 0 saturated carbocycles. The summed E-state index contributed by atoms with van der Waals surface area (Å²) in [4.78, 5) is 27.6. The van der Waals surface area contributed by atoms with Crippen molar-refractivity contribution < 1.29 is 18.7 Å². The molecule has 0 saturated heterocycles. The summed E-state index contributed by atoms with van der Waals surface area (Å²) in [7, 11) is 0. The van der Waals surface area contributed by atoms with Gasteiger partial charge in [0.05, 0.1) is 10.5 Å². The lowest BCUT2D eigenvalue weighted by Crippen LogP contribution is -2.10. The summed E-state index contributed by atoms with van der Waals surface area (Å²) >= 11 is 1.07. The Hall–Kier alpha value is -2.93. The molecule has 0 bridgehead atoms. The van der Waals surface area contributed by atoms with E-state index in [1.165, 1.54) is 18.2 Å². The third-order valence-electron chi connectivity index (χ3n) is 3.10. The van der Waals surface area contributed by atoms with Gasteiger partial charge in [0.25, 0.3) is 5.91 Å². The second kappa shape index (κ2) is 6.67. The highest BCUT2D eigenvalue weighted by Crippen LogP contribution is 2.27. The first kappa shape index (κ1) is 15.9. The van der Waals surface area contributed by atoms with E-state index in [4.69, 9.17) is 10.5 Å². The molecule has 5 nitrogen and oxygen atoms in total. The number of amidine groups is 1. The standard InChI is InChI=1S/C17H11FN2O3S/c18-13-7-2-1-6-12(13)16(22)23-11-5-3-4-10(8-11)9-14-15(21)20-17(19)24-14/h1-9H,(H2,19,20,21)/b14-9-. The number of benzene rings is 2. The van der Waals surface area contributed by atoms with Gasteiger partial charge in [-0.05, 0) is 47.7 Å². The second-order valence-corrected chi connectivity index (χ2v) is 5.87. The maximum absolute atomic E-state index is 13.6. The summed E-state index contributed by atoms with van der Waals surface area (Å²) in [5, 5.41) is 0.188. The number of ether oxygens (including phenoxy) is 1. The monoisotopic (exact) mass is 342 g/mol. The predicted molar refractivity (Wildman–Crippen MR) is 90.0 cm³/mol. The third kappa shape index (κ3) is 3.52. The van der Waals surface area contributed by atoms with E-state index in [9.17, 15) is 14.0 Å². The Kier molecular flexibility index (Phi) is 4.43. The summed E-state index contributed by atoms with van der Waals surface area (Å²) in [6.45, 7) is 0. The van der Waals surface area contributed by atoms with Gasteiger partial charge in [0.15, 0.2) is 5.17 Å². The van der Waals surface area contributed by atoms with Gasteiger partial charge < -0.3 is 10.5 Å². The third-order valence-corrected chi connectivity index (χ3v) is 3.91. The first-order chi connectivity index (χ1) is 11.5. The van der Waals surface area contributed by atoms with Gasteiger partial charge in [-0.15, -0.1) is 0 Å². The van der Waals surface area contributed by atoms with Gasteiger partial charge in [-0.3, -0.25) is 4.79 Å². The molecule has 0 unspecified atom stereocenters. The maximum atomic E-state index is 13.6. The van der Waals surface area contributed by atoms with Gasteiger partial charge in [-0.25, -0.2) is 9.18 Å². The van der Waals surface area contributed by atoms with Crippen LogP contribution in [-0.2, 0) is 4.79 Å². The average molecular weight is 342 g/mol. The lowest BCUT2D eigenvalue weighted by molar-refractivity contribution is -0.113. The lowest BCUT2D eigenvalue weighted by Gasteiger charge is -2.06. The van der Waals surface area contributed by atoms with Crippen molar-refractivity contribution in [1.82, 2.24) is 0 Å². The summed E-state index contributed by atoms with van der Waals surface area (Å²) < 4.78 is 18.8. The van der Waals surface area contributed by atoms with Crippen LogP contribution in [0.5, 0.6) is 5.75 Å². The molecular weight excluding hydrogens is 331 g/mol. The van der Waals surface area contributed by atoms with Crippen LogP contribution in [0.25, 0.3) is 6.08 Å². The molecule has 1 aliphatic rings. The van der Waals surface area contributed by atoms with Gasteiger partial charge in [-0.1, -0.05) is 24.3 Å². The van der Waals surface area contributed by atoms with Crippen molar-refractivity contribution in [2.24, 2.45) is 10.7 Å². The molecule has 2 aromatic rings. The smallest absolute Gasteiger partial charge is 0.346 e. The number of amides is 1. The largest absolute Gasteiger partial charge is 0.423 e. The summed E-state index contributed by atoms with van der Waals surface area (Å²) in [6.07, 6.45) is 1.59. The average Bonchev–Trinajstić information content (AvgIpc) is 2.85. The van der Waals surface area contributed by atoms with E-state index in [2.05, 4.69) is 4.99 Å². The van der Waals surface area contributed by atoms with Crippen molar-refractivity contribution in [3.8, 4) is 5.75 Å². The number of carbonyl (C=O) groups excluding carboxylic acids is 2. The molecule has 2 N–H and O–H groups in total. The minimum atomic E-state index is -0.795. The van der Waals surface area contributed by atoms with Crippen molar-refractivity contribution in [3.05, 3.63) is 70.4 Å². The summed E-state index contributed by atoms with van der Waals surface area (Å²) in [5.41, 5.74) is 5.97. The van der Waals surface area contributed by atoms with E-state index in [1.807, 2.05) is 0 Å². The first-order valence-corrected chi connectivity index (χ1v) is 7.69. The zero-order valence-electron chi connectivity index (χ0n) is 12.2. The SMILES string of the molecule is NC1=NC(=O)/C(=C/c2cccc(OC(=O)c3ccccc3F)c2)S1. The molecule has 24 heavy (non-hydrogen) atoms. The Labute approximate surface area is 141 Å². The molecule has 0 radical (unpaired) electrons. The minimum Gasteiger partial charge on any atom is -0.423 e. The predicted octanol–water partition coefficient (Wildman–Crippen LogP) is 2.97. The van der Waals surface area contributed by atoms with E-state index in [-0.39, 0.29) is 16.5 Å². The number of halogens is 1. The number of hydrogen-bond acceptors (Lipinski definition) is 5. The molecule has 0 aromatic heterocycles. The number of esters is 1. The molecule has 0 aliphatic carbocycles. The summed E-state index contributed by atoms with van der Waals surface area (Å²) in [5.74, 6) is -1.62. The molecule has 1 amide bonds. The number of rotatable bonds is 3. The van der Waals surface area contributed by atoms with E-state index in [0.717, 1.165) is 11.8 Å². The fourth-order valence-electron chi connectivity index (χ4n) is 2.03. The maximum Gasteiger partial charge on any atom is 0.346 e. The number of nitrogens with two attached hydrogens (primary N) is 1. The number of hydrogen-bond donors (Lipinski definition) is 1. The fourth-order valence-corrected chi connectivity index (χ4v) is 2.72. The van der Waals surface area contributed by atoms with Crippen LogP contribution in [0.2, 0.25) is 0 Å². The van der Waals surface area contributed by atoms with Crippen molar-refractivity contribution in [2.45, 2.75) is 0 Å². The Bertz CT molecular complexity index is 893. The zero-order chi connectivity index (χ0) is 17.1. The quantitative estimate of drug-likeness (QED) is 0.527. The summed E-state index contributed by atoms with van der Waals surface area (Å²) in [6, 6.07) is 12.1. The minimum absolute atomic E-state index is 0.149. The molecule has 0 spiro atoms. The Balaban J connectivity index is 1.79. The highest BCUT2D eigenvalue weighted by atomic mass is 32.2. The van der Waals surface area contributed by atoms with Crippen LogP contribution >= 0.6 is 11.8 Å².